The lowest BCUT2D eigenvalue weighted by Crippen LogP contribution is -2.24. The predicted octanol–water partition coefficient (Wildman–Crippen LogP) is 2.65. The molecule has 0 saturated heterocycles. The third-order valence-electron chi connectivity index (χ3n) is 2.59. The molecule has 1 aromatic rings. The van der Waals surface area contributed by atoms with Crippen LogP contribution in [-0.2, 0) is 9.47 Å². The number of hydrogen-bond acceptors (Lipinski definition) is 5. The Labute approximate surface area is 136 Å². The highest BCUT2D eigenvalue weighted by Gasteiger charge is 2.12. The number of carbonyl (C=O) groups is 1. The maximum atomic E-state index is 11.0. The van der Waals surface area contributed by atoms with Gasteiger partial charge >= 0.3 is 5.97 Å². The fourth-order valence-corrected chi connectivity index (χ4v) is 2.82. The zero-order chi connectivity index (χ0) is 15.8. The molecule has 0 amide bonds. The average Bonchev–Trinajstić information content (AvgIpc) is 2.44. The van der Waals surface area contributed by atoms with Crippen LogP contribution in [-0.4, -0.2) is 54.5 Å². The molecule has 5 nitrogen and oxygen atoms in total. The number of aliphatic hydroxyl groups is 1. The topological polar surface area (TPSA) is 76.0 Å². The van der Waals surface area contributed by atoms with Crippen molar-refractivity contribution in [3.8, 4) is 0 Å². The van der Waals surface area contributed by atoms with Crippen molar-refractivity contribution in [3.05, 3.63) is 28.2 Å². The second-order valence-electron chi connectivity index (χ2n) is 4.51. The number of hydrogen-bond donors (Lipinski definition) is 2. The van der Waals surface area contributed by atoms with E-state index in [0.717, 1.165) is 4.90 Å². The summed E-state index contributed by atoms with van der Waals surface area (Å²) in [5.74, 6) is -0.554. The first-order valence-electron chi connectivity index (χ1n) is 6.38. The van der Waals surface area contributed by atoms with E-state index in [0.29, 0.717) is 16.8 Å². The molecule has 0 aliphatic heterocycles. The smallest absolute Gasteiger partial charge is 0.336 e. The molecule has 0 heterocycles. The van der Waals surface area contributed by atoms with Crippen LogP contribution in [0.15, 0.2) is 27.6 Å². The molecular weight excluding hydrogens is 360 g/mol. The maximum Gasteiger partial charge on any atom is 0.336 e. The van der Waals surface area contributed by atoms with Crippen molar-refractivity contribution in [1.82, 2.24) is 0 Å². The van der Waals surface area contributed by atoms with Gasteiger partial charge in [-0.15, -0.1) is 11.8 Å². The Bertz CT molecular complexity index is 469. The Balaban J connectivity index is 2.44. The number of benzene rings is 1. The molecule has 0 aliphatic carbocycles. The Morgan fingerprint density at radius 3 is 2.76 bits per heavy atom. The number of methoxy groups -OCH3 is 1. The highest BCUT2D eigenvalue weighted by molar-refractivity contribution is 9.10. The molecule has 1 rings (SSSR count). The van der Waals surface area contributed by atoms with E-state index in [9.17, 15) is 9.90 Å². The van der Waals surface area contributed by atoms with Gasteiger partial charge in [-0.2, -0.15) is 0 Å². The van der Waals surface area contributed by atoms with E-state index < -0.39 is 12.1 Å². The predicted molar refractivity (Wildman–Crippen MR) is 85.1 cm³/mol. The summed E-state index contributed by atoms with van der Waals surface area (Å²) in [7, 11) is 1.60. The van der Waals surface area contributed by atoms with Crippen LogP contribution in [0.3, 0.4) is 0 Å². The van der Waals surface area contributed by atoms with E-state index in [-0.39, 0.29) is 18.3 Å². The van der Waals surface area contributed by atoms with Gasteiger partial charge in [-0.3, -0.25) is 0 Å². The van der Waals surface area contributed by atoms with E-state index in [1.54, 1.807) is 19.2 Å². The molecule has 0 spiro atoms. The Morgan fingerprint density at radius 1 is 1.43 bits per heavy atom. The fourth-order valence-electron chi connectivity index (χ4n) is 1.56. The number of aliphatic hydroxyl groups excluding tert-OH is 1. The summed E-state index contributed by atoms with van der Waals surface area (Å²) in [6.45, 7) is 2.58. The standard InChI is InChI=1S/C14H19BrO5S/c1-9(6-19-2)20-7-10(16)8-21-11-3-4-13(15)12(5-11)14(17)18/h3-5,9-10,16H,6-8H2,1-2H3,(H,17,18). The number of halogens is 1. The van der Waals surface area contributed by atoms with Gasteiger partial charge in [0.05, 0.1) is 31.0 Å². The van der Waals surface area contributed by atoms with E-state index in [1.165, 1.54) is 11.8 Å². The van der Waals surface area contributed by atoms with Crippen LogP contribution in [0.5, 0.6) is 0 Å². The van der Waals surface area contributed by atoms with Gasteiger partial charge in [-0.25, -0.2) is 4.79 Å². The SMILES string of the molecule is COCC(C)OCC(O)CSc1ccc(Br)c(C(=O)O)c1. The number of carboxylic acid groups (broad SMARTS) is 1. The van der Waals surface area contributed by atoms with Crippen LogP contribution < -0.4 is 0 Å². The second-order valence-corrected chi connectivity index (χ2v) is 6.46. The molecule has 7 heteroatoms. The summed E-state index contributed by atoms with van der Waals surface area (Å²) in [4.78, 5) is 11.8. The van der Waals surface area contributed by atoms with Gasteiger partial charge in [0, 0.05) is 22.2 Å². The normalized spacial score (nSPS) is 13.9. The first kappa shape index (κ1) is 18.4. The third-order valence-corrected chi connectivity index (χ3v) is 4.42. The first-order valence-corrected chi connectivity index (χ1v) is 8.16. The number of ether oxygens (including phenoxy) is 2. The van der Waals surface area contributed by atoms with Gasteiger partial charge in [-0.1, -0.05) is 0 Å². The molecule has 0 fully saturated rings. The number of aromatic carboxylic acids is 1. The lowest BCUT2D eigenvalue weighted by Gasteiger charge is -2.15. The van der Waals surface area contributed by atoms with Gasteiger partial charge in [0.15, 0.2) is 0 Å². The van der Waals surface area contributed by atoms with Crippen molar-refractivity contribution >= 4 is 33.7 Å². The van der Waals surface area contributed by atoms with Gasteiger partial charge in [-0.05, 0) is 41.1 Å². The summed E-state index contributed by atoms with van der Waals surface area (Å²) < 4.78 is 10.9. The van der Waals surface area contributed by atoms with E-state index >= 15 is 0 Å². The van der Waals surface area contributed by atoms with Gasteiger partial charge < -0.3 is 19.7 Å². The van der Waals surface area contributed by atoms with E-state index in [1.807, 2.05) is 13.0 Å². The van der Waals surface area contributed by atoms with Crippen LogP contribution in [0, 0.1) is 0 Å². The van der Waals surface area contributed by atoms with Crippen LogP contribution in [0.1, 0.15) is 17.3 Å². The van der Waals surface area contributed by atoms with E-state index in [4.69, 9.17) is 14.6 Å². The molecule has 0 radical (unpaired) electrons. The van der Waals surface area contributed by atoms with Crippen molar-refractivity contribution in [2.75, 3.05) is 26.1 Å². The highest BCUT2D eigenvalue weighted by Crippen LogP contribution is 2.25. The lowest BCUT2D eigenvalue weighted by molar-refractivity contribution is -0.0257. The van der Waals surface area contributed by atoms with Crippen molar-refractivity contribution in [2.24, 2.45) is 0 Å². The van der Waals surface area contributed by atoms with Crippen molar-refractivity contribution in [1.29, 1.82) is 0 Å². The molecule has 2 unspecified atom stereocenters. The summed E-state index contributed by atoms with van der Waals surface area (Å²) in [6.07, 6.45) is -0.688. The highest BCUT2D eigenvalue weighted by atomic mass is 79.9. The monoisotopic (exact) mass is 378 g/mol. The molecule has 2 N–H and O–H groups in total. The Kier molecular flexibility index (Phi) is 8.28. The summed E-state index contributed by atoms with van der Waals surface area (Å²) in [5, 5.41) is 18.9. The minimum atomic E-state index is -0.985. The zero-order valence-corrected chi connectivity index (χ0v) is 14.3. The van der Waals surface area contributed by atoms with Gasteiger partial charge in [0.2, 0.25) is 0 Å². The Morgan fingerprint density at radius 2 is 2.14 bits per heavy atom. The van der Waals surface area contributed by atoms with Crippen LogP contribution in [0.2, 0.25) is 0 Å². The Hall–Kier alpha value is -0.600. The summed E-state index contributed by atoms with van der Waals surface area (Å²) >= 11 is 4.58. The largest absolute Gasteiger partial charge is 0.478 e. The van der Waals surface area contributed by atoms with Gasteiger partial charge in [0.1, 0.15) is 0 Å². The second kappa shape index (κ2) is 9.42. The minimum Gasteiger partial charge on any atom is -0.478 e. The molecule has 0 aliphatic rings. The number of thioether (sulfide) groups is 1. The van der Waals surface area contributed by atoms with Crippen molar-refractivity contribution < 1.29 is 24.5 Å². The molecule has 118 valence electrons. The van der Waals surface area contributed by atoms with E-state index in [2.05, 4.69) is 15.9 Å². The third kappa shape index (κ3) is 6.80. The molecule has 21 heavy (non-hydrogen) atoms. The van der Waals surface area contributed by atoms with Crippen molar-refractivity contribution in [2.45, 2.75) is 24.0 Å². The number of rotatable bonds is 9. The van der Waals surface area contributed by atoms with Crippen LogP contribution in [0.25, 0.3) is 0 Å². The molecular formula is C14H19BrO5S. The molecule has 2 atom stereocenters. The van der Waals surface area contributed by atoms with Gasteiger partial charge in [0.25, 0.3) is 0 Å². The van der Waals surface area contributed by atoms with Crippen LogP contribution >= 0.6 is 27.7 Å². The molecule has 0 bridgehead atoms. The first-order chi connectivity index (χ1) is 9.93. The molecule has 0 aromatic heterocycles. The zero-order valence-electron chi connectivity index (χ0n) is 11.9. The summed E-state index contributed by atoms with van der Waals surface area (Å²) in [6, 6.07) is 5.08. The summed E-state index contributed by atoms with van der Waals surface area (Å²) in [5.41, 5.74) is 0.208. The number of carboxylic acids is 1. The van der Waals surface area contributed by atoms with Crippen LogP contribution in [0.4, 0.5) is 0 Å². The quantitative estimate of drug-likeness (QED) is 0.643. The lowest BCUT2D eigenvalue weighted by atomic mass is 10.2. The fraction of sp³-hybridized carbons (Fsp3) is 0.500. The maximum absolute atomic E-state index is 11.0. The van der Waals surface area contributed by atoms with Crippen molar-refractivity contribution in [3.63, 3.8) is 0 Å². The average molecular weight is 379 g/mol. The molecule has 0 saturated carbocycles. The molecule has 1 aromatic carbocycles. The minimum absolute atomic E-state index is 0.0686.